The van der Waals surface area contributed by atoms with E-state index in [4.69, 9.17) is 14.6 Å². The molecular weight excluding hydrogens is 282 g/mol. The van der Waals surface area contributed by atoms with E-state index in [1.165, 1.54) is 0 Å². The van der Waals surface area contributed by atoms with E-state index in [1.807, 2.05) is 30.3 Å². The summed E-state index contributed by atoms with van der Waals surface area (Å²) in [6.07, 6.45) is 0. The van der Waals surface area contributed by atoms with E-state index in [1.54, 1.807) is 31.4 Å². The Hall–Kier alpha value is -2.37. The van der Waals surface area contributed by atoms with Crippen molar-refractivity contribution >= 4 is 11.7 Å². The molecule has 0 bridgehead atoms. The topological polar surface area (TPSA) is 67.8 Å². The van der Waals surface area contributed by atoms with Crippen molar-refractivity contribution in [3.8, 4) is 0 Å². The number of hydrogen-bond donors (Lipinski definition) is 2. The van der Waals surface area contributed by atoms with Crippen LogP contribution in [-0.2, 0) is 9.47 Å². The fraction of sp³-hybridized carbons (Fsp3) is 0.235. The molecule has 0 saturated heterocycles. The first-order valence-electron chi connectivity index (χ1n) is 6.92. The average molecular weight is 301 g/mol. The van der Waals surface area contributed by atoms with E-state index < -0.39 is 5.97 Å². The molecule has 2 N–H and O–H groups in total. The van der Waals surface area contributed by atoms with Gasteiger partial charge >= 0.3 is 5.97 Å². The quantitative estimate of drug-likeness (QED) is 0.579. The zero-order valence-corrected chi connectivity index (χ0v) is 12.4. The van der Waals surface area contributed by atoms with Crippen LogP contribution in [0.25, 0.3) is 0 Å². The summed E-state index contributed by atoms with van der Waals surface area (Å²) < 4.78 is 10.4. The van der Waals surface area contributed by atoms with E-state index in [2.05, 4.69) is 5.32 Å². The number of hydrogen-bond acceptors (Lipinski definition) is 4. The van der Waals surface area contributed by atoms with Crippen molar-refractivity contribution in [2.24, 2.45) is 0 Å². The molecule has 0 aliphatic carbocycles. The normalized spacial score (nSPS) is 11.9. The van der Waals surface area contributed by atoms with Gasteiger partial charge in [-0.2, -0.15) is 0 Å². The standard InChI is InChI=1S/C17H19NO4/c1-21-12-22-11-16(13-5-3-2-4-6-13)18-15-9-7-14(8-10-15)17(19)20/h2-10,16,18H,11-12H2,1H3,(H,19,20). The second-order valence-electron chi connectivity index (χ2n) is 4.77. The summed E-state index contributed by atoms with van der Waals surface area (Å²) in [6, 6.07) is 16.5. The molecule has 5 nitrogen and oxygen atoms in total. The van der Waals surface area contributed by atoms with Gasteiger partial charge in [-0.3, -0.25) is 0 Å². The van der Waals surface area contributed by atoms with Crippen LogP contribution < -0.4 is 5.32 Å². The highest BCUT2D eigenvalue weighted by atomic mass is 16.7. The van der Waals surface area contributed by atoms with Crippen molar-refractivity contribution in [1.82, 2.24) is 0 Å². The van der Waals surface area contributed by atoms with E-state index >= 15 is 0 Å². The van der Waals surface area contributed by atoms with Crippen molar-refractivity contribution < 1.29 is 19.4 Å². The number of benzene rings is 2. The largest absolute Gasteiger partial charge is 0.478 e. The Kier molecular flexibility index (Phi) is 5.94. The van der Waals surface area contributed by atoms with Gasteiger partial charge in [0.15, 0.2) is 0 Å². The Morgan fingerprint density at radius 3 is 2.41 bits per heavy atom. The first-order chi connectivity index (χ1) is 10.7. The minimum atomic E-state index is -0.936. The van der Waals surface area contributed by atoms with Crippen LogP contribution in [0.1, 0.15) is 22.0 Å². The molecule has 0 aliphatic heterocycles. The predicted octanol–water partition coefficient (Wildman–Crippen LogP) is 3.16. The van der Waals surface area contributed by atoms with Gasteiger partial charge in [0.05, 0.1) is 18.2 Å². The Labute approximate surface area is 129 Å². The molecule has 22 heavy (non-hydrogen) atoms. The lowest BCUT2D eigenvalue weighted by atomic mass is 10.1. The maximum absolute atomic E-state index is 10.9. The molecule has 1 unspecified atom stereocenters. The van der Waals surface area contributed by atoms with Gasteiger partial charge in [-0.15, -0.1) is 0 Å². The zero-order chi connectivity index (χ0) is 15.8. The van der Waals surface area contributed by atoms with Crippen molar-refractivity contribution in [3.63, 3.8) is 0 Å². The molecule has 1 atom stereocenters. The van der Waals surface area contributed by atoms with Crippen LogP contribution in [0.2, 0.25) is 0 Å². The SMILES string of the molecule is COCOCC(Nc1ccc(C(=O)O)cc1)c1ccccc1. The maximum atomic E-state index is 10.9. The molecule has 0 fully saturated rings. The second-order valence-corrected chi connectivity index (χ2v) is 4.77. The van der Waals surface area contributed by atoms with Gasteiger partial charge in [0.2, 0.25) is 0 Å². The molecule has 0 spiro atoms. The number of aromatic carboxylic acids is 1. The molecule has 0 heterocycles. The van der Waals surface area contributed by atoms with Crippen LogP contribution in [0.15, 0.2) is 54.6 Å². The lowest BCUT2D eigenvalue weighted by Crippen LogP contribution is -2.18. The van der Waals surface area contributed by atoms with Crippen LogP contribution in [0.5, 0.6) is 0 Å². The number of ether oxygens (including phenoxy) is 2. The maximum Gasteiger partial charge on any atom is 0.335 e. The molecule has 0 aliphatic rings. The van der Waals surface area contributed by atoms with Crippen molar-refractivity contribution in [3.05, 3.63) is 65.7 Å². The first kappa shape index (κ1) is 16.0. The summed E-state index contributed by atoms with van der Waals surface area (Å²) >= 11 is 0. The minimum Gasteiger partial charge on any atom is -0.478 e. The van der Waals surface area contributed by atoms with Gasteiger partial charge in [0.1, 0.15) is 6.79 Å². The molecule has 5 heteroatoms. The van der Waals surface area contributed by atoms with Crippen LogP contribution in [0.4, 0.5) is 5.69 Å². The van der Waals surface area contributed by atoms with Crippen LogP contribution >= 0.6 is 0 Å². The molecule has 0 saturated carbocycles. The van der Waals surface area contributed by atoms with Crippen LogP contribution in [0, 0.1) is 0 Å². The van der Waals surface area contributed by atoms with Gasteiger partial charge in [0.25, 0.3) is 0 Å². The van der Waals surface area contributed by atoms with Gasteiger partial charge < -0.3 is 19.9 Å². The van der Waals surface area contributed by atoms with Crippen LogP contribution in [-0.4, -0.2) is 31.6 Å². The molecule has 0 radical (unpaired) electrons. The smallest absolute Gasteiger partial charge is 0.335 e. The molecule has 2 aromatic carbocycles. The minimum absolute atomic E-state index is 0.0490. The Balaban J connectivity index is 2.09. The Bertz CT molecular complexity index is 583. The highest BCUT2D eigenvalue weighted by molar-refractivity contribution is 5.88. The van der Waals surface area contributed by atoms with Crippen molar-refractivity contribution in [1.29, 1.82) is 0 Å². The molecule has 2 aromatic rings. The van der Waals surface area contributed by atoms with Gasteiger partial charge in [-0.25, -0.2) is 4.79 Å². The summed E-state index contributed by atoms with van der Waals surface area (Å²) in [5.74, 6) is -0.936. The van der Waals surface area contributed by atoms with Crippen molar-refractivity contribution in [2.75, 3.05) is 25.8 Å². The highest BCUT2D eigenvalue weighted by Gasteiger charge is 2.12. The number of carbonyl (C=O) groups is 1. The number of carboxylic acid groups (broad SMARTS) is 1. The average Bonchev–Trinajstić information content (AvgIpc) is 2.55. The van der Waals surface area contributed by atoms with Crippen LogP contribution in [0.3, 0.4) is 0 Å². The third-order valence-electron chi connectivity index (χ3n) is 3.16. The summed E-state index contributed by atoms with van der Waals surface area (Å²) in [7, 11) is 1.58. The van der Waals surface area contributed by atoms with E-state index in [-0.39, 0.29) is 18.4 Å². The molecular formula is C17H19NO4. The summed E-state index contributed by atoms with van der Waals surface area (Å²) in [5.41, 5.74) is 2.18. The molecule has 0 aromatic heterocycles. The monoisotopic (exact) mass is 301 g/mol. The number of carboxylic acids is 1. The molecule has 2 rings (SSSR count). The second kappa shape index (κ2) is 8.17. The number of methoxy groups -OCH3 is 1. The third-order valence-corrected chi connectivity index (χ3v) is 3.16. The molecule has 116 valence electrons. The van der Waals surface area contributed by atoms with E-state index in [0.717, 1.165) is 11.3 Å². The van der Waals surface area contributed by atoms with E-state index in [0.29, 0.717) is 6.61 Å². The fourth-order valence-corrected chi connectivity index (χ4v) is 2.07. The van der Waals surface area contributed by atoms with E-state index in [9.17, 15) is 4.79 Å². The third kappa shape index (κ3) is 4.58. The Morgan fingerprint density at radius 1 is 1.14 bits per heavy atom. The fourth-order valence-electron chi connectivity index (χ4n) is 2.07. The molecule has 0 amide bonds. The van der Waals surface area contributed by atoms with Gasteiger partial charge in [-0.05, 0) is 29.8 Å². The predicted molar refractivity (Wildman–Crippen MR) is 84.0 cm³/mol. The summed E-state index contributed by atoms with van der Waals surface area (Å²) in [6.45, 7) is 0.668. The number of nitrogens with one attached hydrogen (secondary N) is 1. The highest BCUT2D eigenvalue weighted by Crippen LogP contribution is 2.20. The number of rotatable bonds is 8. The number of anilines is 1. The van der Waals surface area contributed by atoms with Gasteiger partial charge in [-0.1, -0.05) is 30.3 Å². The lowest BCUT2D eigenvalue weighted by molar-refractivity contribution is -0.0337. The Morgan fingerprint density at radius 2 is 1.82 bits per heavy atom. The summed E-state index contributed by atoms with van der Waals surface area (Å²) in [4.78, 5) is 10.9. The zero-order valence-electron chi connectivity index (χ0n) is 12.4. The van der Waals surface area contributed by atoms with Gasteiger partial charge in [0, 0.05) is 12.8 Å². The van der Waals surface area contributed by atoms with Crippen molar-refractivity contribution in [2.45, 2.75) is 6.04 Å². The summed E-state index contributed by atoms with van der Waals surface area (Å²) in [5, 5.41) is 12.3. The first-order valence-corrected chi connectivity index (χ1v) is 6.92. The lowest BCUT2D eigenvalue weighted by Gasteiger charge is -2.20.